The van der Waals surface area contributed by atoms with Gasteiger partial charge in [-0.3, -0.25) is 4.57 Å². The molecule has 6 aromatic carbocycles. The van der Waals surface area contributed by atoms with Crippen molar-refractivity contribution in [3.8, 4) is 34.1 Å². The smallest absolute Gasteiger partial charge is 0.137 e. The summed E-state index contributed by atoms with van der Waals surface area (Å²) in [4.78, 5) is 9.64. The first-order valence-corrected chi connectivity index (χ1v) is 21.0. The molecule has 0 aliphatic carbocycles. The monoisotopic (exact) mass is 800 g/mol. The summed E-state index contributed by atoms with van der Waals surface area (Å²) in [5, 5.41) is 2.00. The molecule has 61 heavy (non-hydrogen) atoms. The van der Waals surface area contributed by atoms with Gasteiger partial charge < -0.3 is 19.1 Å². The first kappa shape index (κ1) is 34.8. The average molecular weight is 801 g/mol. The molecule has 0 atom stereocenters. The summed E-state index contributed by atoms with van der Waals surface area (Å²) < 4.78 is 37.5. The van der Waals surface area contributed by atoms with E-state index in [-0.39, 0.29) is 16.4 Å². The summed E-state index contributed by atoms with van der Waals surface area (Å²) in [7, 11) is 0. The second-order valence-electron chi connectivity index (χ2n) is 18.1. The van der Waals surface area contributed by atoms with Crippen LogP contribution in [0.25, 0.3) is 55.5 Å². The molecule has 0 saturated carbocycles. The van der Waals surface area contributed by atoms with Crippen LogP contribution >= 0.6 is 0 Å². The Bertz CT molecular complexity index is 3240. The number of hydrogen-bond donors (Lipinski definition) is 0. The number of benzene rings is 6. The molecule has 0 radical (unpaired) electrons. The largest absolute Gasteiger partial charge is 0.457 e. The number of aromatic nitrogens is 3. The van der Waals surface area contributed by atoms with Crippen molar-refractivity contribution in [3.05, 3.63) is 187 Å². The first-order chi connectivity index (χ1) is 30.6. The van der Waals surface area contributed by atoms with E-state index in [4.69, 9.17) is 13.8 Å². The first-order valence-electron chi connectivity index (χ1n) is 22.5. The number of ether oxygens (including phenoxy) is 1. The number of para-hydroxylation sites is 3. The Morgan fingerprint density at radius 2 is 1.26 bits per heavy atom. The lowest BCUT2D eigenvalue weighted by molar-refractivity contribution is 0.479. The summed E-state index contributed by atoms with van der Waals surface area (Å²) in [6, 6.07) is 51.4. The molecule has 9 aromatic rings. The highest BCUT2D eigenvalue weighted by Crippen LogP contribution is 2.43. The molecule has 3 aromatic heterocycles. The predicted octanol–water partition coefficient (Wildman–Crippen LogP) is 14.2. The molecule has 6 heteroatoms. The zero-order chi connectivity index (χ0) is 44.5. The molecule has 1 aliphatic heterocycles. The van der Waals surface area contributed by atoms with Gasteiger partial charge in [-0.05, 0) is 94.5 Å². The van der Waals surface area contributed by atoms with Crippen molar-refractivity contribution in [1.29, 1.82) is 0 Å². The van der Waals surface area contributed by atoms with Crippen LogP contribution in [0.2, 0.25) is 0 Å². The minimum atomic E-state index is -2.40. The van der Waals surface area contributed by atoms with Crippen molar-refractivity contribution < 1.29 is 8.85 Å². The van der Waals surface area contributed by atoms with E-state index in [2.05, 4.69) is 158 Å². The Hall–Kier alpha value is -7.05. The number of aryl methyl sites for hydroxylation is 1. The SMILES string of the molecule is [2H]C([2H])([2H])c1cc(-n2c3cc(Oc4cc(N5C=CN(c6ccccc6C(C)(C)C)C5)cc(C(C)(C)C)c4)ccc3c3c2c2ccccc2n3-c2ccccc2)ncc1-c1ccccc1. The second-order valence-corrected chi connectivity index (χ2v) is 18.1. The van der Waals surface area contributed by atoms with Gasteiger partial charge in [0.1, 0.15) is 17.3 Å². The van der Waals surface area contributed by atoms with E-state index in [0.29, 0.717) is 23.8 Å². The van der Waals surface area contributed by atoms with Gasteiger partial charge >= 0.3 is 0 Å². The van der Waals surface area contributed by atoms with Crippen LogP contribution < -0.4 is 14.5 Å². The zero-order valence-electron chi connectivity index (χ0n) is 38.5. The van der Waals surface area contributed by atoms with Crippen LogP contribution in [0, 0.1) is 6.85 Å². The van der Waals surface area contributed by atoms with Crippen molar-refractivity contribution in [2.45, 2.75) is 59.2 Å². The highest BCUT2D eigenvalue weighted by Gasteiger charge is 2.26. The summed E-state index contributed by atoms with van der Waals surface area (Å²) in [5.41, 5.74) is 11.0. The number of hydrogen-bond acceptors (Lipinski definition) is 4. The molecule has 0 N–H and O–H groups in total. The van der Waals surface area contributed by atoms with Crippen molar-refractivity contribution in [3.63, 3.8) is 0 Å². The Kier molecular flexibility index (Phi) is 8.32. The van der Waals surface area contributed by atoms with Crippen LogP contribution in [0.4, 0.5) is 11.4 Å². The summed E-state index contributed by atoms with van der Waals surface area (Å²) in [6.45, 7) is 11.7. The lowest BCUT2D eigenvalue weighted by Gasteiger charge is -2.29. The fourth-order valence-corrected chi connectivity index (χ4v) is 8.75. The van der Waals surface area contributed by atoms with E-state index in [1.54, 1.807) is 12.3 Å². The number of rotatable bonds is 7. The van der Waals surface area contributed by atoms with Crippen LogP contribution in [0.15, 0.2) is 170 Å². The molecule has 1 aliphatic rings. The molecule has 4 heterocycles. The number of fused-ring (bicyclic) bond motifs is 5. The Morgan fingerprint density at radius 1 is 0.574 bits per heavy atom. The number of pyridine rings is 1. The van der Waals surface area contributed by atoms with Gasteiger partial charge in [-0.25, -0.2) is 4.98 Å². The van der Waals surface area contributed by atoms with Gasteiger partial charge in [0.05, 0.1) is 28.7 Å². The molecule has 0 fully saturated rings. The van der Waals surface area contributed by atoms with Gasteiger partial charge in [0.25, 0.3) is 0 Å². The van der Waals surface area contributed by atoms with Gasteiger partial charge in [0.15, 0.2) is 0 Å². The number of anilines is 2. The van der Waals surface area contributed by atoms with E-state index in [0.717, 1.165) is 61.1 Å². The molecule has 0 saturated heterocycles. The quantitative estimate of drug-likeness (QED) is 0.161. The van der Waals surface area contributed by atoms with E-state index >= 15 is 0 Å². The molecule has 6 nitrogen and oxygen atoms in total. The molecule has 10 rings (SSSR count). The lowest BCUT2D eigenvalue weighted by Crippen LogP contribution is -2.27. The van der Waals surface area contributed by atoms with E-state index in [1.165, 1.54) is 11.3 Å². The van der Waals surface area contributed by atoms with Gasteiger partial charge in [0, 0.05) is 68.2 Å². The highest BCUT2D eigenvalue weighted by atomic mass is 16.5. The normalized spacial score (nSPS) is 14.2. The summed E-state index contributed by atoms with van der Waals surface area (Å²) in [6.07, 6.45) is 6.01. The van der Waals surface area contributed by atoms with E-state index in [9.17, 15) is 0 Å². The van der Waals surface area contributed by atoms with Gasteiger partial charge in [-0.15, -0.1) is 0 Å². The maximum atomic E-state index is 8.71. The van der Waals surface area contributed by atoms with Crippen LogP contribution in [0.1, 0.15) is 62.3 Å². The van der Waals surface area contributed by atoms with Gasteiger partial charge in [0.2, 0.25) is 0 Å². The van der Waals surface area contributed by atoms with Crippen molar-refractivity contribution >= 4 is 44.2 Å². The van der Waals surface area contributed by atoms with E-state index in [1.807, 2.05) is 60.7 Å². The fraction of sp³-hybridized carbons (Fsp3) is 0.182. The lowest BCUT2D eigenvalue weighted by atomic mass is 9.85. The molecular weight excluding hydrogens is 747 g/mol. The van der Waals surface area contributed by atoms with Crippen molar-refractivity contribution in [1.82, 2.24) is 14.1 Å². The molecule has 0 spiro atoms. The van der Waals surface area contributed by atoms with Crippen LogP contribution in [0.5, 0.6) is 11.5 Å². The molecule has 302 valence electrons. The minimum Gasteiger partial charge on any atom is -0.457 e. The maximum absolute atomic E-state index is 8.71. The molecular formula is C55H51N5O. The summed E-state index contributed by atoms with van der Waals surface area (Å²) in [5.74, 6) is 1.88. The predicted molar refractivity (Wildman–Crippen MR) is 255 cm³/mol. The van der Waals surface area contributed by atoms with Crippen LogP contribution in [-0.2, 0) is 10.8 Å². The maximum Gasteiger partial charge on any atom is 0.137 e. The topological polar surface area (TPSA) is 38.5 Å². The Morgan fingerprint density at radius 3 is 2.03 bits per heavy atom. The van der Waals surface area contributed by atoms with Gasteiger partial charge in [-0.2, -0.15) is 0 Å². The second kappa shape index (κ2) is 14.6. The van der Waals surface area contributed by atoms with Crippen molar-refractivity contribution in [2.24, 2.45) is 0 Å². The van der Waals surface area contributed by atoms with Crippen LogP contribution in [-0.4, -0.2) is 20.8 Å². The van der Waals surface area contributed by atoms with E-state index < -0.39 is 6.85 Å². The van der Waals surface area contributed by atoms with Gasteiger partial charge in [-0.1, -0.05) is 126 Å². The Labute approximate surface area is 362 Å². The third-order valence-electron chi connectivity index (χ3n) is 11.8. The fourth-order valence-electron chi connectivity index (χ4n) is 8.75. The number of nitrogens with zero attached hydrogens (tertiary/aromatic N) is 5. The van der Waals surface area contributed by atoms with Crippen molar-refractivity contribution in [2.75, 3.05) is 16.5 Å². The minimum absolute atomic E-state index is 0.00519. The average Bonchev–Trinajstić information content (AvgIpc) is 3.99. The Balaban J connectivity index is 1.13. The van der Waals surface area contributed by atoms with Crippen LogP contribution in [0.3, 0.4) is 0 Å². The highest BCUT2D eigenvalue weighted by molar-refractivity contribution is 6.20. The third-order valence-corrected chi connectivity index (χ3v) is 11.8. The molecule has 0 bridgehead atoms. The summed E-state index contributed by atoms with van der Waals surface area (Å²) >= 11 is 0. The standard InChI is InChI=1S/C55H51N5O/c1-37-30-51(56-35-46(37)38-18-10-8-11-19-38)60-50-34-42(26-27-45(50)52-53(60)44-22-14-16-24-48(44)59(52)40-20-12-9-13-21-40)61-43-32-39(54(2,3)4)31-41(33-43)57-28-29-58(36-57)49-25-17-15-23-47(49)55(5,6)7/h8-35H,36H2,1-7H3/i1D3. The zero-order valence-corrected chi connectivity index (χ0v) is 35.5. The molecule has 0 unspecified atom stereocenters. The molecule has 0 amide bonds. The third kappa shape index (κ3) is 6.82.